The van der Waals surface area contributed by atoms with Gasteiger partial charge in [-0.25, -0.2) is 4.98 Å². The van der Waals surface area contributed by atoms with Crippen LogP contribution in [0.3, 0.4) is 0 Å². The lowest BCUT2D eigenvalue weighted by molar-refractivity contribution is 0.0992. The van der Waals surface area contributed by atoms with E-state index in [1.165, 1.54) is 0 Å². The SMILES string of the molecule is Cc1cc(Br)cc(C(=O)Cc2nc(C(C)(C)C)cs2)c1. The van der Waals surface area contributed by atoms with Gasteiger partial charge >= 0.3 is 0 Å². The van der Waals surface area contributed by atoms with Crippen LogP contribution in [-0.2, 0) is 11.8 Å². The van der Waals surface area contributed by atoms with E-state index in [4.69, 9.17) is 0 Å². The maximum atomic E-state index is 12.3. The van der Waals surface area contributed by atoms with Crippen molar-refractivity contribution in [3.8, 4) is 0 Å². The molecule has 1 aromatic carbocycles. The Labute approximate surface area is 132 Å². The van der Waals surface area contributed by atoms with Crippen LogP contribution >= 0.6 is 27.3 Å². The highest BCUT2D eigenvalue weighted by molar-refractivity contribution is 9.10. The van der Waals surface area contributed by atoms with Crippen molar-refractivity contribution >= 4 is 33.0 Å². The predicted octanol–water partition coefficient (Wildman–Crippen LogP) is 4.94. The lowest BCUT2D eigenvalue weighted by Gasteiger charge is -2.14. The van der Waals surface area contributed by atoms with E-state index in [0.717, 1.165) is 26.3 Å². The standard InChI is InChI=1S/C16H18BrNOS/c1-10-5-11(7-12(17)6-10)13(19)8-15-18-14(9-20-15)16(2,3)4/h5-7,9H,8H2,1-4H3. The smallest absolute Gasteiger partial charge is 0.169 e. The van der Waals surface area contributed by atoms with Gasteiger partial charge in [0.2, 0.25) is 0 Å². The molecule has 1 aromatic heterocycles. The second kappa shape index (κ2) is 5.78. The molecule has 0 saturated carbocycles. The molecule has 0 amide bonds. The number of carbonyl (C=O) groups is 1. The van der Waals surface area contributed by atoms with E-state index < -0.39 is 0 Å². The van der Waals surface area contributed by atoms with Crippen molar-refractivity contribution in [3.05, 3.63) is 49.9 Å². The van der Waals surface area contributed by atoms with Gasteiger partial charge in [0, 0.05) is 20.8 Å². The molecule has 0 bridgehead atoms. The summed E-state index contributed by atoms with van der Waals surface area (Å²) in [6.45, 7) is 8.38. The number of Topliss-reactive ketones (excluding diaryl/α,β-unsaturated/α-hetero) is 1. The Kier molecular flexibility index (Phi) is 4.45. The number of hydrogen-bond donors (Lipinski definition) is 0. The molecule has 0 fully saturated rings. The largest absolute Gasteiger partial charge is 0.294 e. The molecule has 0 spiro atoms. The van der Waals surface area contributed by atoms with Crippen molar-refractivity contribution in [1.29, 1.82) is 0 Å². The molecular weight excluding hydrogens is 334 g/mol. The van der Waals surface area contributed by atoms with Crippen LogP contribution < -0.4 is 0 Å². The van der Waals surface area contributed by atoms with Gasteiger partial charge in [0.25, 0.3) is 0 Å². The van der Waals surface area contributed by atoms with E-state index in [1.54, 1.807) is 11.3 Å². The third kappa shape index (κ3) is 3.76. The molecule has 0 aliphatic rings. The molecule has 4 heteroatoms. The normalized spacial score (nSPS) is 11.7. The summed E-state index contributed by atoms with van der Waals surface area (Å²) in [5.41, 5.74) is 2.90. The van der Waals surface area contributed by atoms with E-state index in [1.807, 2.05) is 25.1 Å². The minimum atomic E-state index is 0.0319. The zero-order chi connectivity index (χ0) is 14.9. The molecule has 1 heterocycles. The fourth-order valence-electron chi connectivity index (χ4n) is 1.87. The number of rotatable bonds is 3. The monoisotopic (exact) mass is 351 g/mol. The van der Waals surface area contributed by atoms with Crippen LogP contribution in [0.15, 0.2) is 28.1 Å². The number of halogens is 1. The summed E-state index contributed by atoms with van der Waals surface area (Å²) in [4.78, 5) is 16.9. The zero-order valence-electron chi connectivity index (χ0n) is 12.2. The number of aryl methyl sites for hydroxylation is 1. The second-order valence-electron chi connectivity index (χ2n) is 5.99. The van der Waals surface area contributed by atoms with Gasteiger partial charge < -0.3 is 0 Å². The van der Waals surface area contributed by atoms with Crippen LogP contribution in [-0.4, -0.2) is 10.8 Å². The van der Waals surface area contributed by atoms with Gasteiger partial charge in [0.05, 0.1) is 12.1 Å². The molecule has 0 unspecified atom stereocenters. The Bertz CT molecular complexity index is 620. The summed E-state index contributed by atoms with van der Waals surface area (Å²) in [5.74, 6) is 0.115. The van der Waals surface area contributed by atoms with Crippen molar-refractivity contribution in [2.24, 2.45) is 0 Å². The summed E-state index contributed by atoms with van der Waals surface area (Å²) in [7, 11) is 0. The Balaban J connectivity index is 2.17. The maximum Gasteiger partial charge on any atom is 0.169 e. The first kappa shape index (κ1) is 15.4. The summed E-state index contributed by atoms with van der Waals surface area (Å²) in [6, 6.07) is 5.79. The first-order valence-corrected chi connectivity index (χ1v) is 8.18. The summed E-state index contributed by atoms with van der Waals surface area (Å²) in [5, 5.41) is 2.94. The van der Waals surface area contributed by atoms with Gasteiger partial charge in [-0.3, -0.25) is 4.79 Å². The average Bonchev–Trinajstić information content (AvgIpc) is 2.75. The Hall–Kier alpha value is -1.00. The first-order valence-electron chi connectivity index (χ1n) is 6.51. The second-order valence-corrected chi connectivity index (χ2v) is 7.85. The average molecular weight is 352 g/mol. The third-order valence-electron chi connectivity index (χ3n) is 3.00. The molecule has 20 heavy (non-hydrogen) atoms. The topological polar surface area (TPSA) is 30.0 Å². The molecule has 0 saturated heterocycles. The van der Waals surface area contributed by atoms with Gasteiger partial charge in [0.15, 0.2) is 5.78 Å². The van der Waals surface area contributed by atoms with Gasteiger partial charge in [-0.15, -0.1) is 11.3 Å². The number of carbonyl (C=O) groups excluding carboxylic acids is 1. The highest BCUT2D eigenvalue weighted by Gasteiger charge is 2.18. The van der Waals surface area contributed by atoms with Crippen LogP contribution in [0.1, 0.15) is 47.4 Å². The molecule has 0 N–H and O–H groups in total. The molecule has 0 aliphatic heterocycles. The molecule has 2 rings (SSSR count). The lowest BCUT2D eigenvalue weighted by Crippen LogP contribution is -2.12. The van der Waals surface area contributed by atoms with Crippen molar-refractivity contribution < 1.29 is 4.79 Å². The van der Waals surface area contributed by atoms with E-state index in [-0.39, 0.29) is 11.2 Å². The Morgan fingerprint density at radius 3 is 2.55 bits per heavy atom. The van der Waals surface area contributed by atoms with Crippen LogP contribution in [0, 0.1) is 6.92 Å². The Morgan fingerprint density at radius 2 is 2.00 bits per heavy atom. The summed E-state index contributed by atoms with van der Waals surface area (Å²) >= 11 is 5.00. The molecule has 2 aromatic rings. The van der Waals surface area contributed by atoms with E-state index in [0.29, 0.717) is 6.42 Å². The van der Waals surface area contributed by atoms with Crippen molar-refractivity contribution in [3.63, 3.8) is 0 Å². The van der Waals surface area contributed by atoms with Crippen LogP contribution in [0.5, 0.6) is 0 Å². The molecule has 2 nitrogen and oxygen atoms in total. The minimum absolute atomic E-state index is 0.0319. The Morgan fingerprint density at radius 1 is 1.30 bits per heavy atom. The van der Waals surface area contributed by atoms with Crippen LogP contribution in [0.2, 0.25) is 0 Å². The van der Waals surface area contributed by atoms with Gasteiger partial charge in [-0.2, -0.15) is 0 Å². The highest BCUT2D eigenvalue weighted by Crippen LogP contribution is 2.25. The molecule has 0 atom stereocenters. The van der Waals surface area contributed by atoms with Crippen molar-refractivity contribution in [1.82, 2.24) is 4.98 Å². The fourth-order valence-corrected chi connectivity index (χ4v) is 3.50. The van der Waals surface area contributed by atoms with Gasteiger partial charge in [-0.1, -0.05) is 36.7 Å². The maximum absolute atomic E-state index is 12.3. The minimum Gasteiger partial charge on any atom is -0.294 e. The van der Waals surface area contributed by atoms with Crippen LogP contribution in [0.25, 0.3) is 0 Å². The predicted molar refractivity (Wildman–Crippen MR) is 87.7 cm³/mol. The number of benzene rings is 1. The summed E-state index contributed by atoms with van der Waals surface area (Å²) < 4.78 is 0.940. The number of thiazole rings is 1. The molecule has 0 aliphatic carbocycles. The van der Waals surface area contributed by atoms with Crippen molar-refractivity contribution in [2.45, 2.75) is 39.5 Å². The fraction of sp³-hybridized carbons (Fsp3) is 0.375. The number of ketones is 1. The van der Waals surface area contributed by atoms with Gasteiger partial charge in [0.1, 0.15) is 5.01 Å². The number of nitrogens with zero attached hydrogens (tertiary/aromatic N) is 1. The van der Waals surface area contributed by atoms with E-state index >= 15 is 0 Å². The zero-order valence-corrected chi connectivity index (χ0v) is 14.6. The quantitative estimate of drug-likeness (QED) is 0.733. The van der Waals surface area contributed by atoms with E-state index in [9.17, 15) is 4.79 Å². The molecular formula is C16H18BrNOS. The highest BCUT2D eigenvalue weighted by atomic mass is 79.9. The molecule has 106 valence electrons. The van der Waals surface area contributed by atoms with Crippen LogP contribution in [0.4, 0.5) is 0 Å². The first-order chi connectivity index (χ1) is 9.25. The van der Waals surface area contributed by atoms with Crippen molar-refractivity contribution in [2.75, 3.05) is 0 Å². The number of hydrogen-bond acceptors (Lipinski definition) is 3. The lowest BCUT2D eigenvalue weighted by atomic mass is 9.93. The summed E-state index contributed by atoms with van der Waals surface area (Å²) in [6.07, 6.45) is 0.372. The van der Waals surface area contributed by atoms with E-state index in [2.05, 4.69) is 47.1 Å². The molecule has 0 radical (unpaired) electrons. The number of aromatic nitrogens is 1. The third-order valence-corrected chi connectivity index (χ3v) is 4.30. The van der Waals surface area contributed by atoms with Gasteiger partial charge in [-0.05, 0) is 30.7 Å².